The number of likely N-dealkylation sites (tertiary alicyclic amines) is 1. The molecule has 1 saturated carbocycles. The van der Waals surface area contributed by atoms with E-state index in [1.165, 1.54) is 11.3 Å². The summed E-state index contributed by atoms with van der Waals surface area (Å²) in [4.78, 5) is 27.5. The van der Waals surface area contributed by atoms with Crippen LogP contribution in [0.2, 0.25) is 0 Å². The number of aliphatic hydroxyl groups is 2. The summed E-state index contributed by atoms with van der Waals surface area (Å²) in [5.41, 5.74) is 1.41. The highest BCUT2D eigenvalue weighted by molar-refractivity contribution is 7.13. The van der Waals surface area contributed by atoms with Crippen molar-refractivity contribution in [3.8, 4) is 22.0 Å². The van der Waals surface area contributed by atoms with Gasteiger partial charge in [0.1, 0.15) is 10.7 Å². The standard InChI is InChI=1S/C22H23N5O3S/c1-27-8-6-22(30,20(27)29)14-4-2-3-13(9-14)19-25-18(12-31-19)17-5-7-23-21(26-17)24-15-10-16(28)11-15/h2-5,7,9,12,15-16,28,30H,6,8,10-11H2,1H3,(H,23,24,26)/t15-,16-,22-/m1/s1. The second kappa shape index (κ2) is 7.67. The van der Waals surface area contributed by atoms with E-state index in [2.05, 4.69) is 15.3 Å². The molecule has 3 aromatic rings. The molecule has 5 rings (SSSR count). The van der Waals surface area contributed by atoms with Crippen molar-refractivity contribution >= 4 is 23.2 Å². The maximum absolute atomic E-state index is 12.4. The summed E-state index contributed by atoms with van der Waals surface area (Å²) in [5, 5.41) is 26.4. The zero-order chi connectivity index (χ0) is 21.6. The molecule has 0 radical (unpaired) electrons. The SMILES string of the molecule is CN1CC[C@@](O)(c2cccc(-c3nc(-c4ccnc(N[C@H]5C[C@H](O)C5)n4)cs3)c2)C1=O. The summed E-state index contributed by atoms with van der Waals surface area (Å²) < 4.78 is 0. The number of amides is 1. The van der Waals surface area contributed by atoms with Crippen LogP contribution in [0.3, 0.4) is 0 Å². The van der Waals surface area contributed by atoms with Crippen molar-refractivity contribution < 1.29 is 15.0 Å². The van der Waals surface area contributed by atoms with Crippen LogP contribution in [-0.2, 0) is 10.4 Å². The number of rotatable bonds is 5. The summed E-state index contributed by atoms with van der Waals surface area (Å²) in [7, 11) is 1.70. The third kappa shape index (κ3) is 3.69. The number of nitrogens with one attached hydrogen (secondary N) is 1. The summed E-state index contributed by atoms with van der Waals surface area (Å²) >= 11 is 1.48. The third-order valence-corrected chi connectivity index (χ3v) is 6.86. The maximum atomic E-state index is 12.4. The second-order valence-corrected chi connectivity index (χ2v) is 9.05. The summed E-state index contributed by atoms with van der Waals surface area (Å²) in [6.45, 7) is 0.533. The molecule has 3 N–H and O–H groups in total. The number of nitrogens with zero attached hydrogens (tertiary/aromatic N) is 4. The van der Waals surface area contributed by atoms with Gasteiger partial charge in [0.25, 0.3) is 5.91 Å². The molecule has 0 unspecified atom stereocenters. The van der Waals surface area contributed by atoms with Gasteiger partial charge in [-0.1, -0.05) is 18.2 Å². The first-order valence-corrected chi connectivity index (χ1v) is 11.1. The summed E-state index contributed by atoms with van der Waals surface area (Å²) in [5.74, 6) is 0.251. The molecule has 1 aliphatic carbocycles. The van der Waals surface area contributed by atoms with E-state index < -0.39 is 5.60 Å². The normalized spacial score (nSPS) is 25.5. The Labute approximate surface area is 183 Å². The molecule has 8 nitrogen and oxygen atoms in total. The van der Waals surface area contributed by atoms with Gasteiger partial charge in [-0.25, -0.2) is 15.0 Å². The minimum atomic E-state index is -1.48. The van der Waals surface area contributed by atoms with Crippen molar-refractivity contribution in [2.45, 2.75) is 37.0 Å². The van der Waals surface area contributed by atoms with Crippen LogP contribution < -0.4 is 5.32 Å². The number of aliphatic hydroxyl groups excluding tert-OH is 1. The van der Waals surface area contributed by atoms with Gasteiger partial charge in [-0.15, -0.1) is 11.3 Å². The Morgan fingerprint density at radius 3 is 2.81 bits per heavy atom. The molecule has 3 heterocycles. The molecule has 9 heteroatoms. The highest BCUT2D eigenvalue weighted by Gasteiger charge is 2.45. The van der Waals surface area contributed by atoms with Crippen LogP contribution in [0.1, 0.15) is 24.8 Å². The highest BCUT2D eigenvalue weighted by Crippen LogP contribution is 2.36. The van der Waals surface area contributed by atoms with Crippen LogP contribution >= 0.6 is 11.3 Å². The average Bonchev–Trinajstić information content (AvgIpc) is 3.35. The number of likely N-dealkylation sites (N-methyl/N-ethyl adjacent to an activating group) is 1. The molecule has 2 aliphatic rings. The van der Waals surface area contributed by atoms with Crippen LogP contribution in [0, 0.1) is 0 Å². The fourth-order valence-corrected chi connectivity index (χ4v) is 4.82. The number of carbonyl (C=O) groups excluding carboxylic acids is 1. The van der Waals surface area contributed by atoms with Crippen LogP contribution in [0.25, 0.3) is 22.0 Å². The first kappa shape index (κ1) is 20.0. The zero-order valence-corrected chi connectivity index (χ0v) is 17.8. The molecule has 1 aliphatic heterocycles. The number of benzene rings is 1. The number of aromatic nitrogens is 3. The van der Waals surface area contributed by atoms with Crippen LogP contribution in [0.15, 0.2) is 41.9 Å². The zero-order valence-electron chi connectivity index (χ0n) is 17.0. The molecule has 2 fully saturated rings. The molecule has 2 aromatic heterocycles. The Bertz CT molecular complexity index is 1130. The van der Waals surface area contributed by atoms with Gasteiger partial charge in [-0.05, 0) is 30.5 Å². The van der Waals surface area contributed by atoms with Crippen molar-refractivity contribution in [3.63, 3.8) is 0 Å². The van der Waals surface area contributed by atoms with Crippen molar-refractivity contribution in [2.24, 2.45) is 0 Å². The lowest BCUT2D eigenvalue weighted by atomic mass is 9.90. The number of carbonyl (C=O) groups is 1. The van der Waals surface area contributed by atoms with Gasteiger partial charge < -0.3 is 20.4 Å². The van der Waals surface area contributed by atoms with Gasteiger partial charge in [0.2, 0.25) is 5.95 Å². The van der Waals surface area contributed by atoms with Crippen LogP contribution in [0.5, 0.6) is 0 Å². The minimum absolute atomic E-state index is 0.196. The fourth-order valence-electron chi connectivity index (χ4n) is 4.01. The molecular formula is C22H23N5O3S. The van der Waals surface area contributed by atoms with Crippen molar-refractivity contribution in [1.29, 1.82) is 0 Å². The Balaban J connectivity index is 1.38. The molecule has 31 heavy (non-hydrogen) atoms. The smallest absolute Gasteiger partial charge is 0.258 e. The predicted molar refractivity (Wildman–Crippen MR) is 117 cm³/mol. The maximum Gasteiger partial charge on any atom is 0.258 e. The van der Waals surface area contributed by atoms with E-state index in [4.69, 9.17) is 4.98 Å². The number of hydrogen-bond donors (Lipinski definition) is 3. The van der Waals surface area contributed by atoms with E-state index in [9.17, 15) is 15.0 Å². The van der Waals surface area contributed by atoms with E-state index in [1.54, 1.807) is 24.2 Å². The van der Waals surface area contributed by atoms with Crippen molar-refractivity contribution in [3.05, 3.63) is 47.5 Å². The topological polar surface area (TPSA) is 111 Å². The van der Waals surface area contributed by atoms with Gasteiger partial charge in [0.05, 0.1) is 11.8 Å². The monoisotopic (exact) mass is 437 g/mol. The largest absolute Gasteiger partial charge is 0.393 e. The molecule has 0 spiro atoms. The lowest BCUT2D eigenvalue weighted by Gasteiger charge is -2.31. The van der Waals surface area contributed by atoms with E-state index >= 15 is 0 Å². The van der Waals surface area contributed by atoms with Gasteiger partial charge >= 0.3 is 0 Å². The molecule has 1 atom stereocenters. The number of anilines is 1. The first-order valence-electron chi connectivity index (χ1n) is 10.2. The van der Waals surface area contributed by atoms with Crippen LogP contribution in [0.4, 0.5) is 5.95 Å². The predicted octanol–water partition coefficient (Wildman–Crippen LogP) is 2.25. The molecule has 1 aromatic carbocycles. The quantitative estimate of drug-likeness (QED) is 0.561. The van der Waals surface area contributed by atoms with Gasteiger partial charge in [0.15, 0.2) is 5.60 Å². The molecule has 1 amide bonds. The molecule has 1 saturated heterocycles. The summed E-state index contributed by atoms with van der Waals surface area (Å²) in [6, 6.07) is 9.40. The van der Waals surface area contributed by atoms with Gasteiger partial charge in [0, 0.05) is 43.2 Å². The van der Waals surface area contributed by atoms with E-state index in [1.807, 2.05) is 29.6 Å². The van der Waals surface area contributed by atoms with E-state index in [-0.39, 0.29) is 18.1 Å². The molecular weight excluding hydrogens is 414 g/mol. The lowest BCUT2D eigenvalue weighted by molar-refractivity contribution is -0.143. The molecule has 0 bridgehead atoms. The first-order chi connectivity index (χ1) is 14.9. The van der Waals surface area contributed by atoms with Gasteiger partial charge in [-0.3, -0.25) is 4.79 Å². The van der Waals surface area contributed by atoms with E-state index in [0.29, 0.717) is 43.0 Å². The highest BCUT2D eigenvalue weighted by atomic mass is 32.1. The average molecular weight is 438 g/mol. The number of hydrogen-bond acceptors (Lipinski definition) is 8. The minimum Gasteiger partial charge on any atom is -0.393 e. The Kier molecular flexibility index (Phi) is 4.96. The number of thiazole rings is 1. The van der Waals surface area contributed by atoms with E-state index in [0.717, 1.165) is 16.3 Å². The van der Waals surface area contributed by atoms with Gasteiger partial charge in [-0.2, -0.15) is 0 Å². The summed E-state index contributed by atoms with van der Waals surface area (Å²) in [6.07, 6.45) is 3.24. The second-order valence-electron chi connectivity index (χ2n) is 8.19. The van der Waals surface area contributed by atoms with Crippen LogP contribution in [-0.4, -0.2) is 61.7 Å². The Morgan fingerprint density at radius 1 is 1.23 bits per heavy atom. The third-order valence-electron chi connectivity index (χ3n) is 5.97. The molecule has 160 valence electrons. The lowest BCUT2D eigenvalue weighted by Crippen LogP contribution is -2.39. The van der Waals surface area contributed by atoms with Crippen molar-refractivity contribution in [1.82, 2.24) is 19.9 Å². The van der Waals surface area contributed by atoms with Crippen molar-refractivity contribution in [2.75, 3.05) is 18.9 Å². The Hall–Kier alpha value is -2.88. The fraction of sp³-hybridized carbons (Fsp3) is 0.364. The Morgan fingerprint density at radius 2 is 2.06 bits per heavy atom.